The second kappa shape index (κ2) is 3.75. The van der Waals surface area contributed by atoms with Gasteiger partial charge in [0.15, 0.2) is 0 Å². The summed E-state index contributed by atoms with van der Waals surface area (Å²) in [5, 5.41) is 4.55. The summed E-state index contributed by atoms with van der Waals surface area (Å²) in [6.45, 7) is 0.516. The maximum atomic E-state index is 6.35. The highest BCUT2D eigenvalue weighted by Gasteiger charge is 2.53. The van der Waals surface area contributed by atoms with Crippen LogP contribution >= 0.6 is 0 Å². The van der Waals surface area contributed by atoms with Crippen LogP contribution in [0.2, 0.25) is 0 Å². The Kier molecular flexibility index (Phi) is 2.32. The molecule has 0 aliphatic heterocycles. The van der Waals surface area contributed by atoms with E-state index in [-0.39, 0.29) is 0 Å². The predicted octanol–water partition coefficient (Wildman–Crippen LogP) is 1.93. The van der Waals surface area contributed by atoms with Gasteiger partial charge in [0.25, 0.3) is 0 Å². The highest BCUT2D eigenvalue weighted by molar-refractivity contribution is 5.50. The van der Waals surface area contributed by atoms with Gasteiger partial charge in [0.05, 0.1) is 5.69 Å². The average molecular weight is 260 g/mol. The van der Waals surface area contributed by atoms with E-state index in [1.165, 1.54) is 44.1 Å². The lowest BCUT2D eigenvalue weighted by Crippen LogP contribution is -2.49. The third-order valence-electron chi connectivity index (χ3n) is 5.93. The number of rotatable bonds is 2. The summed E-state index contributed by atoms with van der Waals surface area (Å²) in [4.78, 5) is 0. The lowest BCUT2D eigenvalue weighted by Gasteiger charge is -2.57. The van der Waals surface area contributed by atoms with Gasteiger partial charge >= 0.3 is 0 Å². The topological polar surface area (TPSA) is 69.9 Å². The fourth-order valence-corrected chi connectivity index (χ4v) is 5.73. The maximum absolute atomic E-state index is 6.35. The molecule has 0 atom stereocenters. The third kappa shape index (κ3) is 1.52. The Morgan fingerprint density at radius 3 is 2.16 bits per heavy atom. The molecule has 4 aliphatic carbocycles. The zero-order valence-corrected chi connectivity index (χ0v) is 11.7. The van der Waals surface area contributed by atoms with Crippen molar-refractivity contribution in [2.24, 2.45) is 30.5 Å². The van der Waals surface area contributed by atoms with Crippen molar-refractivity contribution in [2.75, 3.05) is 5.73 Å². The first kappa shape index (κ1) is 11.8. The van der Waals surface area contributed by atoms with Crippen LogP contribution in [0.15, 0.2) is 0 Å². The van der Waals surface area contributed by atoms with Crippen LogP contribution in [0.25, 0.3) is 0 Å². The second-order valence-corrected chi connectivity index (χ2v) is 7.23. The number of aryl methyl sites for hydroxylation is 1. The summed E-state index contributed by atoms with van der Waals surface area (Å²) < 4.78 is 1.83. The van der Waals surface area contributed by atoms with Gasteiger partial charge in [0, 0.05) is 24.6 Å². The van der Waals surface area contributed by atoms with Gasteiger partial charge in [-0.25, -0.2) is 0 Å². The van der Waals surface area contributed by atoms with Crippen LogP contribution < -0.4 is 11.5 Å². The zero-order valence-electron chi connectivity index (χ0n) is 11.7. The first-order valence-electron chi connectivity index (χ1n) is 7.63. The summed E-state index contributed by atoms with van der Waals surface area (Å²) >= 11 is 0. The standard InChI is InChI=1S/C15H24N4/c1-19-14(17)13(12(8-16)18-19)15-5-9-2-10(6-15)4-11(3-9)7-15/h9-11H,2-8,16-17H2,1H3. The summed E-state index contributed by atoms with van der Waals surface area (Å²) in [6.07, 6.45) is 8.33. The van der Waals surface area contributed by atoms with E-state index in [1.807, 2.05) is 11.7 Å². The number of nitrogens with zero attached hydrogens (tertiary/aromatic N) is 2. The first-order valence-corrected chi connectivity index (χ1v) is 7.63. The molecule has 0 aromatic carbocycles. The third-order valence-corrected chi connectivity index (χ3v) is 5.93. The van der Waals surface area contributed by atoms with E-state index in [1.54, 1.807) is 0 Å². The molecule has 1 aromatic heterocycles. The molecule has 4 N–H and O–H groups in total. The lowest BCUT2D eigenvalue weighted by molar-refractivity contribution is -0.00523. The SMILES string of the molecule is Cn1nc(CN)c(C23CC4CC(CC(C4)C2)C3)c1N. The largest absolute Gasteiger partial charge is 0.384 e. The van der Waals surface area contributed by atoms with Crippen LogP contribution in [0.1, 0.15) is 49.8 Å². The van der Waals surface area contributed by atoms with Gasteiger partial charge in [-0.3, -0.25) is 4.68 Å². The molecule has 0 amide bonds. The molecule has 4 saturated carbocycles. The van der Waals surface area contributed by atoms with E-state index in [2.05, 4.69) is 5.10 Å². The molecule has 0 radical (unpaired) electrons. The fourth-order valence-electron chi connectivity index (χ4n) is 5.73. The normalized spacial score (nSPS) is 40.0. The minimum Gasteiger partial charge on any atom is -0.384 e. The lowest BCUT2D eigenvalue weighted by atomic mass is 9.48. The molecule has 0 unspecified atom stereocenters. The highest BCUT2D eigenvalue weighted by Crippen LogP contribution is 2.61. The van der Waals surface area contributed by atoms with Gasteiger partial charge in [-0.1, -0.05) is 0 Å². The van der Waals surface area contributed by atoms with Crippen LogP contribution in [-0.4, -0.2) is 9.78 Å². The van der Waals surface area contributed by atoms with Gasteiger partial charge in [0.2, 0.25) is 0 Å². The van der Waals surface area contributed by atoms with Crippen molar-refractivity contribution >= 4 is 5.82 Å². The molecule has 4 aliphatic rings. The number of aromatic nitrogens is 2. The summed E-state index contributed by atoms with van der Waals surface area (Å²) in [5.74, 6) is 3.65. The molecule has 5 rings (SSSR count). The Labute approximate surface area is 114 Å². The Morgan fingerprint density at radius 1 is 1.16 bits per heavy atom. The van der Waals surface area contributed by atoms with Gasteiger partial charge in [0.1, 0.15) is 5.82 Å². The summed E-state index contributed by atoms with van der Waals surface area (Å²) in [5.41, 5.74) is 14.9. The minimum atomic E-state index is 0.307. The number of hydrogen-bond donors (Lipinski definition) is 2. The molecule has 1 aromatic rings. The molecular weight excluding hydrogens is 236 g/mol. The van der Waals surface area contributed by atoms with Gasteiger partial charge in [-0.2, -0.15) is 5.10 Å². The van der Waals surface area contributed by atoms with E-state index in [4.69, 9.17) is 11.5 Å². The molecule has 4 bridgehead atoms. The maximum Gasteiger partial charge on any atom is 0.125 e. The molecule has 104 valence electrons. The quantitative estimate of drug-likeness (QED) is 0.853. The van der Waals surface area contributed by atoms with Crippen molar-refractivity contribution in [3.63, 3.8) is 0 Å². The Hall–Kier alpha value is -1.03. The van der Waals surface area contributed by atoms with E-state index in [0.29, 0.717) is 12.0 Å². The van der Waals surface area contributed by atoms with Crippen LogP contribution in [0, 0.1) is 17.8 Å². The molecule has 4 nitrogen and oxygen atoms in total. The number of anilines is 1. The predicted molar refractivity (Wildman–Crippen MR) is 75.4 cm³/mol. The van der Waals surface area contributed by atoms with Gasteiger partial charge < -0.3 is 11.5 Å². The molecule has 19 heavy (non-hydrogen) atoms. The monoisotopic (exact) mass is 260 g/mol. The number of nitrogens with two attached hydrogens (primary N) is 2. The molecular formula is C15H24N4. The average Bonchev–Trinajstić information content (AvgIpc) is 2.64. The van der Waals surface area contributed by atoms with E-state index in [0.717, 1.165) is 29.3 Å². The minimum absolute atomic E-state index is 0.307. The molecule has 0 saturated heterocycles. The van der Waals surface area contributed by atoms with E-state index < -0.39 is 0 Å². The van der Waals surface area contributed by atoms with Crippen molar-refractivity contribution in [2.45, 2.75) is 50.5 Å². The highest BCUT2D eigenvalue weighted by atomic mass is 15.3. The summed E-state index contributed by atoms with van der Waals surface area (Å²) in [6, 6.07) is 0. The van der Waals surface area contributed by atoms with E-state index in [9.17, 15) is 0 Å². The van der Waals surface area contributed by atoms with Crippen LogP contribution in [0.5, 0.6) is 0 Å². The smallest absolute Gasteiger partial charge is 0.125 e. The molecule has 1 heterocycles. The Balaban J connectivity index is 1.83. The zero-order chi connectivity index (χ0) is 13.2. The van der Waals surface area contributed by atoms with Crippen LogP contribution in [0.3, 0.4) is 0 Å². The fraction of sp³-hybridized carbons (Fsp3) is 0.800. The Bertz CT molecular complexity index is 481. The molecule has 4 heteroatoms. The van der Waals surface area contributed by atoms with Crippen molar-refractivity contribution in [3.05, 3.63) is 11.3 Å². The molecule has 4 fully saturated rings. The first-order chi connectivity index (χ1) is 9.11. The van der Waals surface area contributed by atoms with Gasteiger partial charge in [-0.15, -0.1) is 0 Å². The summed E-state index contributed by atoms with van der Waals surface area (Å²) in [7, 11) is 1.94. The number of nitrogen functional groups attached to an aromatic ring is 1. The molecule has 0 spiro atoms. The van der Waals surface area contributed by atoms with Crippen LogP contribution in [0.4, 0.5) is 5.82 Å². The number of hydrogen-bond acceptors (Lipinski definition) is 3. The van der Waals surface area contributed by atoms with Crippen molar-refractivity contribution in [1.29, 1.82) is 0 Å². The second-order valence-electron chi connectivity index (χ2n) is 7.23. The van der Waals surface area contributed by atoms with Crippen molar-refractivity contribution in [3.8, 4) is 0 Å². The van der Waals surface area contributed by atoms with E-state index >= 15 is 0 Å². The van der Waals surface area contributed by atoms with Crippen molar-refractivity contribution < 1.29 is 0 Å². The van der Waals surface area contributed by atoms with Crippen molar-refractivity contribution in [1.82, 2.24) is 9.78 Å². The van der Waals surface area contributed by atoms with Gasteiger partial charge in [-0.05, 0) is 56.3 Å². The van der Waals surface area contributed by atoms with Crippen LogP contribution in [-0.2, 0) is 19.0 Å². The Morgan fingerprint density at radius 2 is 1.68 bits per heavy atom.